The number of hydrogen-bond acceptors (Lipinski definition) is 2. The maximum Gasteiger partial charge on any atom is 0.00951 e. The minimum absolute atomic E-state index is 0.734. The molecule has 1 atom stereocenters. The Morgan fingerprint density at radius 1 is 1.19 bits per heavy atom. The van der Waals surface area contributed by atoms with E-state index in [-0.39, 0.29) is 0 Å². The minimum atomic E-state index is 0.734. The fraction of sp³-hybridized carbons (Fsp3) is 1.00. The Bertz CT molecular complexity index is 160. The molecule has 1 aliphatic carbocycles. The summed E-state index contributed by atoms with van der Waals surface area (Å²) in [6.45, 7) is 7.90. The van der Waals surface area contributed by atoms with Crippen molar-refractivity contribution in [1.82, 2.24) is 4.90 Å². The third kappa shape index (κ3) is 4.42. The van der Waals surface area contributed by atoms with Crippen LogP contribution in [0.3, 0.4) is 0 Å². The van der Waals surface area contributed by atoms with Crippen LogP contribution in [0.5, 0.6) is 0 Å². The van der Waals surface area contributed by atoms with E-state index < -0.39 is 0 Å². The summed E-state index contributed by atoms with van der Waals surface area (Å²) < 4.78 is 0. The van der Waals surface area contributed by atoms with E-state index in [0.717, 1.165) is 18.5 Å². The Balaban J connectivity index is 2.29. The molecule has 96 valence electrons. The zero-order valence-electron chi connectivity index (χ0n) is 11.3. The predicted molar refractivity (Wildman–Crippen MR) is 71.6 cm³/mol. The molecule has 0 heterocycles. The monoisotopic (exact) mass is 226 g/mol. The van der Waals surface area contributed by atoms with Crippen molar-refractivity contribution in [2.45, 2.75) is 64.8 Å². The van der Waals surface area contributed by atoms with Gasteiger partial charge in [-0.3, -0.25) is 0 Å². The van der Waals surface area contributed by atoms with E-state index in [2.05, 4.69) is 18.7 Å². The van der Waals surface area contributed by atoms with Gasteiger partial charge in [0.25, 0.3) is 0 Å². The average Bonchev–Trinajstić information content (AvgIpc) is 2.36. The van der Waals surface area contributed by atoms with Gasteiger partial charge >= 0.3 is 0 Å². The van der Waals surface area contributed by atoms with Gasteiger partial charge in [0.05, 0.1) is 0 Å². The van der Waals surface area contributed by atoms with Gasteiger partial charge in [-0.05, 0) is 44.8 Å². The van der Waals surface area contributed by atoms with Gasteiger partial charge in [-0.2, -0.15) is 0 Å². The average molecular weight is 226 g/mol. The summed E-state index contributed by atoms with van der Waals surface area (Å²) in [5.41, 5.74) is 5.77. The van der Waals surface area contributed by atoms with E-state index in [1.807, 2.05) is 0 Å². The van der Waals surface area contributed by atoms with E-state index in [1.54, 1.807) is 0 Å². The van der Waals surface area contributed by atoms with Crippen LogP contribution in [-0.4, -0.2) is 30.6 Å². The molecule has 2 nitrogen and oxygen atoms in total. The molecule has 0 spiro atoms. The van der Waals surface area contributed by atoms with Crippen molar-refractivity contribution in [2.75, 3.05) is 19.6 Å². The van der Waals surface area contributed by atoms with Crippen molar-refractivity contribution in [1.29, 1.82) is 0 Å². The topological polar surface area (TPSA) is 29.3 Å². The molecule has 2 N–H and O–H groups in total. The Kier molecular flexibility index (Phi) is 7.06. The number of nitrogens with two attached hydrogens (primary N) is 1. The first kappa shape index (κ1) is 14.0. The molecule has 0 aromatic heterocycles. The lowest BCUT2D eigenvalue weighted by atomic mass is 9.93. The van der Waals surface area contributed by atoms with Crippen LogP contribution in [0, 0.1) is 5.92 Å². The Labute approximate surface area is 102 Å². The molecule has 0 bridgehead atoms. The van der Waals surface area contributed by atoms with Gasteiger partial charge in [-0.15, -0.1) is 0 Å². The SMILES string of the molecule is CCC(CN)CCN(CC)C1CCCCC1. The highest BCUT2D eigenvalue weighted by atomic mass is 15.1. The summed E-state index contributed by atoms with van der Waals surface area (Å²) in [5.74, 6) is 0.734. The summed E-state index contributed by atoms with van der Waals surface area (Å²) in [7, 11) is 0. The second-order valence-corrected chi connectivity index (χ2v) is 5.22. The van der Waals surface area contributed by atoms with Gasteiger partial charge in [0.2, 0.25) is 0 Å². The Hall–Kier alpha value is -0.0800. The van der Waals surface area contributed by atoms with Crippen molar-refractivity contribution in [3.05, 3.63) is 0 Å². The molecule has 16 heavy (non-hydrogen) atoms. The summed E-state index contributed by atoms with van der Waals surface area (Å²) in [4.78, 5) is 2.69. The molecular weight excluding hydrogens is 196 g/mol. The normalized spacial score (nSPS) is 20.2. The quantitative estimate of drug-likeness (QED) is 0.723. The first-order chi connectivity index (χ1) is 7.81. The summed E-state index contributed by atoms with van der Waals surface area (Å²) in [6.07, 6.45) is 9.70. The summed E-state index contributed by atoms with van der Waals surface area (Å²) >= 11 is 0. The van der Waals surface area contributed by atoms with Crippen molar-refractivity contribution in [2.24, 2.45) is 11.7 Å². The van der Waals surface area contributed by atoms with Crippen LogP contribution in [0.2, 0.25) is 0 Å². The van der Waals surface area contributed by atoms with Crippen LogP contribution in [0.15, 0.2) is 0 Å². The highest BCUT2D eigenvalue weighted by Crippen LogP contribution is 2.23. The van der Waals surface area contributed by atoms with Crippen LogP contribution >= 0.6 is 0 Å². The van der Waals surface area contributed by atoms with Gasteiger partial charge in [0, 0.05) is 6.04 Å². The predicted octanol–water partition coefficient (Wildman–Crippen LogP) is 3.02. The van der Waals surface area contributed by atoms with E-state index >= 15 is 0 Å². The molecule has 1 fully saturated rings. The van der Waals surface area contributed by atoms with Crippen molar-refractivity contribution < 1.29 is 0 Å². The first-order valence-electron chi connectivity index (χ1n) is 7.25. The maximum atomic E-state index is 5.77. The van der Waals surface area contributed by atoms with E-state index in [1.165, 1.54) is 58.0 Å². The summed E-state index contributed by atoms with van der Waals surface area (Å²) in [6, 6.07) is 0.869. The lowest BCUT2D eigenvalue weighted by molar-refractivity contribution is 0.153. The van der Waals surface area contributed by atoms with E-state index in [0.29, 0.717) is 0 Å². The van der Waals surface area contributed by atoms with Gasteiger partial charge in [-0.1, -0.05) is 39.5 Å². The molecule has 2 heteroatoms. The van der Waals surface area contributed by atoms with E-state index in [4.69, 9.17) is 5.73 Å². The van der Waals surface area contributed by atoms with Gasteiger partial charge in [0.15, 0.2) is 0 Å². The fourth-order valence-electron chi connectivity index (χ4n) is 2.88. The molecule has 0 radical (unpaired) electrons. The van der Waals surface area contributed by atoms with Gasteiger partial charge in [-0.25, -0.2) is 0 Å². The molecule has 0 saturated heterocycles. The second kappa shape index (κ2) is 8.08. The summed E-state index contributed by atoms with van der Waals surface area (Å²) in [5, 5.41) is 0. The highest BCUT2D eigenvalue weighted by molar-refractivity contribution is 4.75. The molecule has 0 aromatic carbocycles. The Morgan fingerprint density at radius 2 is 1.88 bits per heavy atom. The molecule has 1 rings (SSSR count). The molecule has 0 aromatic rings. The molecule has 0 aliphatic heterocycles. The fourth-order valence-corrected chi connectivity index (χ4v) is 2.88. The maximum absolute atomic E-state index is 5.77. The van der Waals surface area contributed by atoms with Crippen LogP contribution in [0.1, 0.15) is 58.8 Å². The number of nitrogens with zero attached hydrogens (tertiary/aromatic N) is 1. The van der Waals surface area contributed by atoms with Crippen molar-refractivity contribution in [3.63, 3.8) is 0 Å². The first-order valence-corrected chi connectivity index (χ1v) is 7.25. The van der Waals surface area contributed by atoms with Crippen LogP contribution in [0.4, 0.5) is 0 Å². The zero-order valence-corrected chi connectivity index (χ0v) is 11.3. The zero-order chi connectivity index (χ0) is 11.8. The minimum Gasteiger partial charge on any atom is -0.330 e. The van der Waals surface area contributed by atoms with Gasteiger partial charge in [0.1, 0.15) is 0 Å². The largest absolute Gasteiger partial charge is 0.330 e. The second-order valence-electron chi connectivity index (χ2n) is 5.22. The molecule has 1 saturated carbocycles. The molecule has 1 aliphatic rings. The molecule has 0 amide bonds. The number of hydrogen-bond donors (Lipinski definition) is 1. The third-order valence-corrected chi connectivity index (χ3v) is 4.23. The molecular formula is C14H30N2. The lowest BCUT2D eigenvalue weighted by Crippen LogP contribution is -2.38. The smallest absolute Gasteiger partial charge is 0.00951 e. The van der Waals surface area contributed by atoms with E-state index in [9.17, 15) is 0 Å². The van der Waals surface area contributed by atoms with Crippen LogP contribution in [-0.2, 0) is 0 Å². The van der Waals surface area contributed by atoms with Crippen molar-refractivity contribution >= 4 is 0 Å². The standard InChI is InChI=1S/C14H30N2/c1-3-13(12-15)10-11-16(4-2)14-8-6-5-7-9-14/h13-14H,3-12,15H2,1-2H3. The molecule has 1 unspecified atom stereocenters. The van der Waals surface area contributed by atoms with Crippen LogP contribution < -0.4 is 5.73 Å². The number of rotatable bonds is 7. The van der Waals surface area contributed by atoms with Crippen molar-refractivity contribution in [3.8, 4) is 0 Å². The lowest BCUT2D eigenvalue weighted by Gasteiger charge is -2.34. The van der Waals surface area contributed by atoms with Gasteiger partial charge < -0.3 is 10.6 Å². The highest BCUT2D eigenvalue weighted by Gasteiger charge is 2.20. The third-order valence-electron chi connectivity index (χ3n) is 4.23. The van der Waals surface area contributed by atoms with Crippen LogP contribution in [0.25, 0.3) is 0 Å². The Morgan fingerprint density at radius 3 is 2.38 bits per heavy atom.